The third-order valence-corrected chi connectivity index (χ3v) is 6.88. The fraction of sp³-hybridized carbons (Fsp3) is 0.458. The number of amides is 1. The van der Waals surface area contributed by atoms with Crippen molar-refractivity contribution in [3.05, 3.63) is 60.2 Å². The first kappa shape index (κ1) is 22.8. The van der Waals surface area contributed by atoms with Crippen molar-refractivity contribution in [2.75, 3.05) is 42.1 Å². The van der Waals surface area contributed by atoms with Crippen LogP contribution in [-0.4, -0.2) is 63.4 Å². The molecule has 0 aliphatic carbocycles. The molecule has 7 nitrogen and oxygen atoms in total. The van der Waals surface area contributed by atoms with Crippen molar-refractivity contribution in [1.82, 2.24) is 4.90 Å². The zero-order valence-electron chi connectivity index (χ0n) is 18.7. The lowest BCUT2D eigenvalue weighted by atomic mass is 9.88. The van der Waals surface area contributed by atoms with Gasteiger partial charge in [-0.2, -0.15) is 0 Å². The lowest BCUT2D eigenvalue weighted by Crippen LogP contribution is -2.61. The first-order valence-corrected chi connectivity index (χ1v) is 13.0. The minimum atomic E-state index is -3.28. The molecule has 2 aromatic carbocycles. The second kappa shape index (κ2) is 9.21. The number of hydrogen-bond acceptors (Lipinski definition) is 5. The molecule has 172 valence electrons. The summed E-state index contributed by atoms with van der Waals surface area (Å²) in [6.07, 6.45) is 3.32. The number of piperidine rings is 1. The van der Waals surface area contributed by atoms with Crippen LogP contribution < -0.4 is 9.62 Å². The van der Waals surface area contributed by atoms with Gasteiger partial charge in [0.25, 0.3) is 5.91 Å². The Kier molecular flexibility index (Phi) is 6.55. The molecule has 32 heavy (non-hydrogen) atoms. The highest BCUT2D eigenvalue weighted by molar-refractivity contribution is 7.92. The summed E-state index contributed by atoms with van der Waals surface area (Å²) in [6.45, 7) is 5.15. The van der Waals surface area contributed by atoms with Gasteiger partial charge in [-0.3, -0.25) is 9.52 Å². The van der Waals surface area contributed by atoms with Crippen LogP contribution in [0.4, 0.5) is 11.4 Å². The van der Waals surface area contributed by atoms with E-state index < -0.39 is 16.1 Å². The summed E-state index contributed by atoms with van der Waals surface area (Å²) in [5.74, 6) is 0.0202. The molecule has 2 saturated heterocycles. The van der Waals surface area contributed by atoms with Crippen molar-refractivity contribution in [3.63, 3.8) is 0 Å². The van der Waals surface area contributed by atoms with E-state index in [1.165, 1.54) is 0 Å². The van der Waals surface area contributed by atoms with Gasteiger partial charge in [0.05, 0.1) is 18.4 Å². The highest BCUT2D eigenvalue weighted by atomic mass is 32.2. The van der Waals surface area contributed by atoms with E-state index in [4.69, 9.17) is 4.74 Å². The van der Waals surface area contributed by atoms with Gasteiger partial charge in [-0.05, 0) is 56.0 Å². The number of anilines is 2. The molecule has 1 unspecified atom stereocenters. The van der Waals surface area contributed by atoms with Crippen LogP contribution in [0.3, 0.4) is 0 Å². The first-order valence-electron chi connectivity index (χ1n) is 11.1. The van der Waals surface area contributed by atoms with Crippen LogP contribution in [-0.2, 0) is 26.0 Å². The molecule has 8 heteroatoms. The highest BCUT2D eigenvalue weighted by Gasteiger charge is 2.45. The van der Waals surface area contributed by atoms with Crippen molar-refractivity contribution in [2.24, 2.45) is 0 Å². The number of nitrogens with zero attached hydrogens (tertiary/aromatic N) is 2. The maximum absolute atomic E-state index is 12.7. The molecule has 0 bridgehead atoms. The third kappa shape index (κ3) is 5.49. The monoisotopic (exact) mass is 457 g/mol. The first-order chi connectivity index (χ1) is 15.2. The Bertz CT molecular complexity index is 1050. The Labute approximate surface area is 190 Å². The second-order valence-corrected chi connectivity index (χ2v) is 10.6. The summed E-state index contributed by atoms with van der Waals surface area (Å²) in [7, 11) is -3.28. The summed E-state index contributed by atoms with van der Waals surface area (Å²) >= 11 is 0. The fourth-order valence-corrected chi connectivity index (χ4v) is 5.18. The van der Waals surface area contributed by atoms with Gasteiger partial charge in [0.2, 0.25) is 10.0 Å². The standard InChI is InChI=1S/C24H31N3O4S/c1-19-23(28)27(22-9-4-3-5-10-22)18-24(31-19)12-15-26(16-13-24)14-11-20-7-6-8-21(17-20)25-32(2,29)30/h3-10,17,19,25H,11-16,18H2,1-2H3. The van der Waals surface area contributed by atoms with Crippen LogP contribution in [0.5, 0.6) is 0 Å². The normalized spacial score (nSPS) is 21.6. The topological polar surface area (TPSA) is 79.0 Å². The largest absolute Gasteiger partial charge is 0.360 e. The minimum Gasteiger partial charge on any atom is -0.360 e. The van der Waals surface area contributed by atoms with E-state index in [2.05, 4.69) is 9.62 Å². The molecule has 1 amide bonds. The van der Waals surface area contributed by atoms with E-state index in [-0.39, 0.29) is 11.5 Å². The average molecular weight is 458 g/mol. The Balaban J connectivity index is 1.35. The quantitative estimate of drug-likeness (QED) is 0.722. The van der Waals surface area contributed by atoms with Crippen LogP contribution in [0.2, 0.25) is 0 Å². The summed E-state index contributed by atoms with van der Waals surface area (Å²) in [5.41, 5.74) is 2.32. The number of nitrogens with one attached hydrogen (secondary N) is 1. The second-order valence-electron chi connectivity index (χ2n) is 8.87. The van der Waals surface area contributed by atoms with Crippen LogP contribution in [0.1, 0.15) is 25.3 Å². The smallest absolute Gasteiger partial charge is 0.255 e. The zero-order valence-corrected chi connectivity index (χ0v) is 19.5. The van der Waals surface area contributed by atoms with Gasteiger partial charge < -0.3 is 14.5 Å². The van der Waals surface area contributed by atoms with Crippen molar-refractivity contribution in [1.29, 1.82) is 0 Å². The lowest BCUT2D eigenvalue weighted by Gasteiger charge is -2.49. The number of morpholine rings is 1. The van der Waals surface area contributed by atoms with E-state index in [1.807, 2.05) is 60.4 Å². The van der Waals surface area contributed by atoms with Gasteiger partial charge in [0.15, 0.2) is 0 Å². The maximum atomic E-state index is 12.7. The Morgan fingerprint density at radius 1 is 1.09 bits per heavy atom. The number of likely N-dealkylation sites (tertiary alicyclic amines) is 1. The molecule has 2 fully saturated rings. The van der Waals surface area contributed by atoms with Crippen LogP contribution in [0, 0.1) is 0 Å². The number of carbonyl (C=O) groups excluding carboxylic acids is 1. The molecule has 4 rings (SSSR count). The van der Waals surface area contributed by atoms with E-state index in [0.717, 1.165) is 56.4 Å². The summed E-state index contributed by atoms with van der Waals surface area (Å²) in [4.78, 5) is 17.0. The van der Waals surface area contributed by atoms with Gasteiger partial charge in [-0.25, -0.2) is 8.42 Å². The SMILES string of the molecule is CC1OC2(CCN(CCc3cccc(NS(C)(=O)=O)c3)CC2)CN(c2ccccc2)C1=O. The van der Waals surface area contributed by atoms with Gasteiger partial charge in [0.1, 0.15) is 6.10 Å². The molecule has 0 radical (unpaired) electrons. The molecular weight excluding hydrogens is 426 g/mol. The molecule has 0 aromatic heterocycles. The lowest BCUT2D eigenvalue weighted by molar-refractivity contribution is -0.161. The average Bonchev–Trinajstić information content (AvgIpc) is 2.76. The summed E-state index contributed by atoms with van der Waals surface area (Å²) < 4.78 is 31.7. The van der Waals surface area contributed by atoms with Crippen LogP contribution in [0.25, 0.3) is 0 Å². The molecule has 1 atom stereocenters. The van der Waals surface area contributed by atoms with E-state index in [9.17, 15) is 13.2 Å². The molecule has 1 spiro atoms. The van der Waals surface area contributed by atoms with Crippen LogP contribution in [0.15, 0.2) is 54.6 Å². The van der Waals surface area contributed by atoms with E-state index in [0.29, 0.717) is 12.2 Å². The zero-order chi connectivity index (χ0) is 22.8. The number of para-hydroxylation sites is 1. The number of benzene rings is 2. The molecule has 1 N–H and O–H groups in total. The van der Waals surface area contributed by atoms with Gasteiger partial charge in [0, 0.05) is 31.0 Å². The highest BCUT2D eigenvalue weighted by Crippen LogP contribution is 2.35. The Morgan fingerprint density at radius 2 is 1.81 bits per heavy atom. The molecule has 2 aliphatic rings. The number of sulfonamides is 1. The third-order valence-electron chi connectivity index (χ3n) is 6.27. The van der Waals surface area contributed by atoms with Crippen molar-refractivity contribution in [3.8, 4) is 0 Å². The van der Waals surface area contributed by atoms with Crippen LogP contribution >= 0.6 is 0 Å². The molecule has 2 heterocycles. The fourth-order valence-electron chi connectivity index (χ4n) is 4.63. The van der Waals surface area contributed by atoms with Gasteiger partial charge in [-0.1, -0.05) is 30.3 Å². The van der Waals surface area contributed by atoms with Crippen molar-refractivity contribution >= 4 is 27.3 Å². The van der Waals surface area contributed by atoms with Gasteiger partial charge >= 0.3 is 0 Å². The number of hydrogen-bond donors (Lipinski definition) is 1. The van der Waals surface area contributed by atoms with Gasteiger partial charge in [-0.15, -0.1) is 0 Å². The molecule has 0 saturated carbocycles. The Morgan fingerprint density at radius 3 is 2.50 bits per heavy atom. The predicted molar refractivity (Wildman–Crippen MR) is 126 cm³/mol. The van der Waals surface area contributed by atoms with Crippen molar-refractivity contribution < 1.29 is 17.9 Å². The summed E-state index contributed by atoms with van der Waals surface area (Å²) in [5, 5.41) is 0. The van der Waals surface area contributed by atoms with E-state index >= 15 is 0 Å². The molecule has 2 aromatic rings. The molecular formula is C24H31N3O4S. The maximum Gasteiger partial charge on any atom is 0.255 e. The van der Waals surface area contributed by atoms with Crippen molar-refractivity contribution in [2.45, 2.75) is 37.9 Å². The minimum absolute atomic E-state index is 0.0202. The predicted octanol–water partition coefficient (Wildman–Crippen LogP) is 2.89. The number of carbonyl (C=O) groups is 1. The molecule has 2 aliphatic heterocycles. The number of rotatable bonds is 6. The summed E-state index contributed by atoms with van der Waals surface area (Å²) in [6, 6.07) is 17.4. The van der Waals surface area contributed by atoms with E-state index in [1.54, 1.807) is 6.07 Å². The number of ether oxygens (including phenoxy) is 1. The Hall–Kier alpha value is -2.42.